The number of nitrogens with one attached hydrogen (secondary N) is 1. The molecule has 0 saturated heterocycles. The van der Waals surface area contributed by atoms with Gasteiger partial charge in [0.1, 0.15) is 17.3 Å². The van der Waals surface area contributed by atoms with Gasteiger partial charge in [-0.25, -0.2) is 4.39 Å². The van der Waals surface area contributed by atoms with E-state index in [0.29, 0.717) is 30.4 Å². The van der Waals surface area contributed by atoms with Crippen LogP contribution in [0.3, 0.4) is 0 Å². The van der Waals surface area contributed by atoms with Crippen molar-refractivity contribution in [1.82, 2.24) is 20.5 Å². The van der Waals surface area contributed by atoms with Crippen molar-refractivity contribution in [1.29, 1.82) is 0 Å². The van der Waals surface area contributed by atoms with Gasteiger partial charge >= 0.3 is 0 Å². The molecule has 1 N–H and O–H groups in total. The van der Waals surface area contributed by atoms with Gasteiger partial charge in [-0.05, 0) is 50.5 Å². The Bertz CT molecular complexity index is 1160. The average molecular weight is 475 g/mol. The van der Waals surface area contributed by atoms with Gasteiger partial charge in [0.15, 0.2) is 13.2 Å². The Balaban J connectivity index is 1.27. The van der Waals surface area contributed by atoms with Crippen molar-refractivity contribution in [3.05, 3.63) is 64.8 Å². The summed E-state index contributed by atoms with van der Waals surface area (Å²) in [4.78, 5) is 16.4. The average Bonchev–Trinajstić information content (AvgIpc) is 3.22. The summed E-state index contributed by atoms with van der Waals surface area (Å²) in [5.41, 5.74) is 0.185. The lowest BCUT2D eigenvalue weighted by molar-refractivity contribution is -0.127. The summed E-state index contributed by atoms with van der Waals surface area (Å²) in [7, 11) is 0. The molecule has 0 unspecified atom stereocenters. The van der Waals surface area contributed by atoms with E-state index in [9.17, 15) is 9.18 Å². The van der Waals surface area contributed by atoms with Crippen molar-refractivity contribution in [2.24, 2.45) is 0 Å². The summed E-state index contributed by atoms with van der Waals surface area (Å²) >= 11 is 5.65. The summed E-state index contributed by atoms with van der Waals surface area (Å²) in [5.74, 6) is 0.829. The zero-order valence-corrected chi connectivity index (χ0v) is 19.3. The van der Waals surface area contributed by atoms with Crippen molar-refractivity contribution in [3.8, 4) is 11.5 Å². The smallest absolute Gasteiger partial charge is 0.258 e. The number of amides is 1. The van der Waals surface area contributed by atoms with Crippen LogP contribution in [0.4, 0.5) is 4.39 Å². The van der Waals surface area contributed by atoms with Crippen molar-refractivity contribution < 1.29 is 23.1 Å². The van der Waals surface area contributed by atoms with E-state index < -0.39 is 11.4 Å². The molecule has 1 aliphatic rings. The van der Waals surface area contributed by atoms with Crippen LogP contribution in [-0.2, 0) is 16.8 Å². The van der Waals surface area contributed by atoms with E-state index in [1.54, 1.807) is 12.4 Å². The van der Waals surface area contributed by atoms with Crippen LogP contribution in [0.25, 0.3) is 0 Å². The van der Waals surface area contributed by atoms with Crippen LogP contribution in [0, 0.1) is 12.7 Å². The zero-order valence-electron chi connectivity index (χ0n) is 18.5. The SMILES string of the molecule is Cc1cncc(OCc2nnc(C3(C)CC(C)(NC(=O)COc4ccc(Cl)c(F)c4)C3)o2)c1. The van der Waals surface area contributed by atoms with E-state index in [2.05, 4.69) is 20.5 Å². The highest BCUT2D eigenvalue weighted by Crippen LogP contribution is 2.49. The summed E-state index contributed by atoms with van der Waals surface area (Å²) in [6.07, 6.45) is 4.60. The van der Waals surface area contributed by atoms with Crippen molar-refractivity contribution in [3.63, 3.8) is 0 Å². The van der Waals surface area contributed by atoms with Crippen LogP contribution in [0.15, 0.2) is 41.1 Å². The van der Waals surface area contributed by atoms with Crippen molar-refractivity contribution >= 4 is 17.5 Å². The number of carbonyl (C=O) groups is 1. The third-order valence-electron chi connectivity index (χ3n) is 5.46. The van der Waals surface area contributed by atoms with E-state index in [1.807, 2.05) is 26.8 Å². The van der Waals surface area contributed by atoms with Gasteiger partial charge in [0, 0.05) is 17.8 Å². The third-order valence-corrected chi connectivity index (χ3v) is 5.76. The number of rotatable bonds is 8. The number of hydrogen-bond donors (Lipinski definition) is 1. The highest BCUT2D eigenvalue weighted by atomic mass is 35.5. The number of nitrogens with zero attached hydrogens (tertiary/aromatic N) is 3. The first-order chi connectivity index (χ1) is 15.6. The third kappa shape index (κ3) is 5.42. The minimum Gasteiger partial charge on any atom is -0.484 e. The molecular weight excluding hydrogens is 451 g/mol. The molecule has 1 fully saturated rings. The first-order valence-corrected chi connectivity index (χ1v) is 10.8. The minimum atomic E-state index is -0.601. The highest BCUT2D eigenvalue weighted by Gasteiger charge is 2.53. The first kappa shape index (κ1) is 23.0. The van der Waals surface area contributed by atoms with Crippen molar-refractivity contribution in [2.75, 3.05) is 6.61 Å². The van der Waals surface area contributed by atoms with E-state index in [0.717, 1.165) is 11.6 Å². The fourth-order valence-corrected chi connectivity index (χ4v) is 4.42. The normalized spacial score (nSPS) is 21.8. The quantitative estimate of drug-likeness (QED) is 0.523. The second-order valence-corrected chi connectivity index (χ2v) is 9.28. The lowest BCUT2D eigenvalue weighted by Crippen LogP contribution is -2.61. The van der Waals surface area contributed by atoms with Gasteiger partial charge in [-0.3, -0.25) is 9.78 Å². The predicted molar refractivity (Wildman–Crippen MR) is 118 cm³/mol. The minimum absolute atomic E-state index is 0.00372. The summed E-state index contributed by atoms with van der Waals surface area (Å²) in [5, 5.41) is 11.2. The maximum absolute atomic E-state index is 13.5. The van der Waals surface area contributed by atoms with Crippen LogP contribution >= 0.6 is 11.6 Å². The van der Waals surface area contributed by atoms with E-state index in [-0.39, 0.29) is 35.3 Å². The molecule has 0 atom stereocenters. The summed E-state index contributed by atoms with van der Waals surface area (Å²) in [6.45, 7) is 5.80. The van der Waals surface area contributed by atoms with E-state index >= 15 is 0 Å². The molecule has 10 heteroatoms. The fraction of sp³-hybridized carbons (Fsp3) is 0.391. The van der Waals surface area contributed by atoms with Gasteiger partial charge in [-0.15, -0.1) is 10.2 Å². The molecule has 2 heterocycles. The maximum Gasteiger partial charge on any atom is 0.258 e. The summed E-state index contributed by atoms with van der Waals surface area (Å²) in [6, 6.07) is 5.90. The van der Waals surface area contributed by atoms with Gasteiger partial charge in [-0.2, -0.15) is 0 Å². The number of halogens is 2. The maximum atomic E-state index is 13.5. The number of carbonyl (C=O) groups excluding carboxylic acids is 1. The molecule has 2 aromatic heterocycles. The topological polar surface area (TPSA) is 99.4 Å². The number of benzene rings is 1. The van der Waals surface area contributed by atoms with Gasteiger partial charge < -0.3 is 19.2 Å². The molecule has 1 saturated carbocycles. The predicted octanol–water partition coefficient (Wildman–Crippen LogP) is 4.15. The molecule has 1 amide bonds. The number of aryl methyl sites for hydroxylation is 1. The van der Waals surface area contributed by atoms with Gasteiger partial charge in [0.2, 0.25) is 5.89 Å². The second kappa shape index (κ2) is 8.97. The second-order valence-electron chi connectivity index (χ2n) is 8.88. The van der Waals surface area contributed by atoms with Crippen LogP contribution in [0.1, 0.15) is 44.0 Å². The molecule has 174 valence electrons. The highest BCUT2D eigenvalue weighted by molar-refractivity contribution is 6.30. The molecule has 0 bridgehead atoms. The van der Waals surface area contributed by atoms with Crippen molar-refractivity contribution in [2.45, 2.75) is 51.2 Å². The monoisotopic (exact) mass is 474 g/mol. The lowest BCUT2D eigenvalue weighted by Gasteiger charge is -2.51. The van der Waals surface area contributed by atoms with Crippen LogP contribution in [0.2, 0.25) is 5.02 Å². The van der Waals surface area contributed by atoms with E-state index in [1.165, 1.54) is 12.1 Å². The van der Waals surface area contributed by atoms with Gasteiger partial charge in [0.25, 0.3) is 11.8 Å². The van der Waals surface area contributed by atoms with Crippen LogP contribution in [-0.4, -0.2) is 33.2 Å². The van der Waals surface area contributed by atoms with E-state index in [4.69, 9.17) is 25.5 Å². The molecular formula is C23H24ClFN4O4. The summed E-state index contributed by atoms with van der Waals surface area (Å²) < 4.78 is 30.3. The molecule has 1 aliphatic carbocycles. The Labute approximate surface area is 195 Å². The molecule has 0 spiro atoms. The van der Waals surface area contributed by atoms with Gasteiger partial charge in [0.05, 0.1) is 16.6 Å². The molecule has 3 aromatic rings. The molecule has 4 rings (SSSR count). The Hall–Kier alpha value is -3.20. The first-order valence-electron chi connectivity index (χ1n) is 10.4. The zero-order chi connectivity index (χ0) is 23.6. The lowest BCUT2D eigenvalue weighted by atomic mass is 9.59. The fourth-order valence-electron chi connectivity index (χ4n) is 4.31. The molecule has 0 aliphatic heterocycles. The Kier molecular flexibility index (Phi) is 6.25. The molecule has 0 radical (unpaired) electrons. The number of aromatic nitrogens is 3. The Morgan fingerprint density at radius 3 is 2.70 bits per heavy atom. The Morgan fingerprint density at radius 1 is 1.18 bits per heavy atom. The molecule has 1 aromatic carbocycles. The standard InChI is InChI=1S/C23H24ClFN4O4/c1-14-6-16(9-26-8-14)32-11-20-28-29-21(33-20)22(2)12-23(3,13-22)27-19(30)10-31-15-4-5-17(24)18(25)7-15/h4-9H,10-13H2,1-3H3,(H,27,30). The van der Waals surface area contributed by atoms with Crippen LogP contribution < -0.4 is 14.8 Å². The van der Waals surface area contributed by atoms with Gasteiger partial charge in [-0.1, -0.05) is 18.5 Å². The largest absolute Gasteiger partial charge is 0.484 e. The molecule has 33 heavy (non-hydrogen) atoms. The number of ether oxygens (including phenoxy) is 2. The number of hydrogen-bond acceptors (Lipinski definition) is 7. The Morgan fingerprint density at radius 2 is 1.97 bits per heavy atom. The van der Waals surface area contributed by atoms with Crippen LogP contribution in [0.5, 0.6) is 11.5 Å². The number of pyridine rings is 1. The molecule has 8 nitrogen and oxygen atoms in total.